The van der Waals surface area contributed by atoms with Gasteiger partial charge in [-0.05, 0) is 67.1 Å². The molecule has 0 bridgehead atoms. The summed E-state index contributed by atoms with van der Waals surface area (Å²) in [5, 5.41) is 3.91. The maximum Gasteiger partial charge on any atom is 0.280 e. The number of rotatable bonds is 7. The van der Waals surface area contributed by atoms with Gasteiger partial charge in [0.25, 0.3) is 5.56 Å². The van der Waals surface area contributed by atoms with Crippen LogP contribution in [0.2, 0.25) is 5.02 Å². The van der Waals surface area contributed by atoms with Crippen LogP contribution < -0.4 is 15.0 Å². The van der Waals surface area contributed by atoms with Crippen LogP contribution >= 0.6 is 11.6 Å². The van der Waals surface area contributed by atoms with Crippen LogP contribution in [0.3, 0.4) is 0 Å². The van der Waals surface area contributed by atoms with E-state index in [-0.39, 0.29) is 5.56 Å². The molecule has 3 aromatic carbocycles. The molecule has 0 aliphatic heterocycles. The minimum atomic E-state index is -0.189. The van der Waals surface area contributed by atoms with Gasteiger partial charge in [-0.25, -0.2) is 4.68 Å². The molecule has 7 heteroatoms. The zero-order chi connectivity index (χ0) is 23.4. The maximum absolute atomic E-state index is 13.5. The maximum atomic E-state index is 13.5. The number of nitrogens with zero attached hydrogens (tertiary/aromatic N) is 2. The summed E-state index contributed by atoms with van der Waals surface area (Å²) in [6.45, 7) is 2.22. The highest BCUT2D eigenvalue weighted by Gasteiger charge is 2.19. The van der Waals surface area contributed by atoms with Crippen molar-refractivity contribution in [1.29, 1.82) is 0 Å². The van der Waals surface area contributed by atoms with Crippen LogP contribution in [-0.4, -0.2) is 29.7 Å². The Labute approximate surface area is 197 Å². The van der Waals surface area contributed by atoms with Crippen molar-refractivity contribution in [2.24, 2.45) is 4.99 Å². The van der Waals surface area contributed by atoms with Gasteiger partial charge < -0.3 is 9.47 Å². The number of methoxy groups -OCH3 is 2. The average Bonchev–Trinajstić information content (AvgIpc) is 3.20. The summed E-state index contributed by atoms with van der Waals surface area (Å²) in [4.78, 5) is 18.2. The van der Waals surface area contributed by atoms with E-state index in [1.54, 1.807) is 14.2 Å². The lowest BCUT2D eigenvalue weighted by molar-refractivity contribution is 0.414. The fraction of sp³-hybridized carbons (Fsp3) is 0.154. The lowest BCUT2D eigenvalue weighted by atomic mass is 10.0. The fourth-order valence-corrected chi connectivity index (χ4v) is 3.76. The second kappa shape index (κ2) is 9.79. The highest BCUT2D eigenvalue weighted by Crippen LogP contribution is 2.25. The van der Waals surface area contributed by atoms with Gasteiger partial charge in [-0.2, -0.15) is 0 Å². The summed E-state index contributed by atoms with van der Waals surface area (Å²) >= 11 is 6.29. The van der Waals surface area contributed by atoms with E-state index >= 15 is 0 Å². The molecule has 0 amide bonds. The van der Waals surface area contributed by atoms with Crippen LogP contribution in [0, 0.1) is 0 Å². The molecule has 1 heterocycles. The van der Waals surface area contributed by atoms with Crippen LogP contribution in [-0.2, 0) is 6.54 Å². The Morgan fingerprint density at radius 1 is 0.939 bits per heavy atom. The molecule has 33 heavy (non-hydrogen) atoms. The van der Waals surface area contributed by atoms with Crippen molar-refractivity contribution in [3.63, 3.8) is 0 Å². The molecular formula is C26H24ClN3O3. The normalized spacial score (nSPS) is 11.5. The second-order valence-corrected chi connectivity index (χ2v) is 7.83. The lowest BCUT2D eigenvalue weighted by Gasteiger charge is -2.06. The van der Waals surface area contributed by atoms with Crippen molar-refractivity contribution in [3.8, 4) is 28.4 Å². The SMILES string of the molecule is COc1ccc(-c2[nH]n(-c3ccc(OC)cc3)c(=O)c2C(C)=NCc2ccccc2Cl)cc1. The van der Waals surface area contributed by atoms with Gasteiger partial charge in [0.05, 0.1) is 37.7 Å². The molecule has 168 valence electrons. The van der Waals surface area contributed by atoms with Crippen LogP contribution in [0.1, 0.15) is 18.1 Å². The molecule has 0 atom stereocenters. The Balaban J connectivity index is 1.82. The van der Waals surface area contributed by atoms with E-state index in [1.165, 1.54) is 4.68 Å². The number of aromatic nitrogens is 2. The zero-order valence-corrected chi connectivity index (χ0v) is 19.4. The predicted octanol–water partition coefficient (Wildman–Crippen LogP) is 5.51. The van der Waals surface area contributed by atoms with E-state index in [4.69, 9.17) is 26.1 Å². The van der Waals surface area contributed by atoms with Gasteiger partial charge in [0.1, 0.15) is 11.5 Å². The van der Waals surface area contributed by atoms with Crippen LogP contribution in [0.25, 0.3) is 16.9 Å². The number of hydrogen-bond donors (Lipinski definition) is 1. The summed E-state index contributed by atoms with van der Waals surface area (Å²) in [7, 11) is 3.22. The Kier molecular flexibility index (Phi) is 6.66. The van der Waals surface area contributed by atoms with Gasteiger partial charge in [-0.3, -0.25) is 14.9 Å². The monoisotopic (exact) mass is 461 g/mol. The highest BCUT2D eigenvalue weighted by molar-refractivity contribution is 6.31. The van der Waals surface area contributed by atoms with Crippen LogP contribution in [0.15, 0.2) is 82.6 Å². The van der Waals surface area contributed by atoms with E-state index in [9.17, 15) is 4.79 Å². The Morgan fingerprint density at radius 2 is 1.55 bits per heavy atom. The number of nitrogens with one attached hydrogen (secondary N) is 1. The average molecular weight is 462 g/mol. The topological polar surface area (TPSA) is 68.6 Å². The molecule has 0 radical (unpaired) electrons. The van der Waals surface area contributed by atoms with Crippen molar-refractivity contribution >= 4 is 17.3 Å². The first-order chi connectivity index (χ1) is 16.0. The third-order valence-electron chi connectivity index (χ3n) is 5.41. The smallest absolute Gasteiger partial charge is 0.280 e. The minimum Gasteiger partial charge on any atom is -0.497 e. The van der Waals surface area contributed by atoms with Crippen molar-refractivity contribution in [3.05, 3.63) is 99.3 Å². The molecule has 0 fully saturated rings. The summed E-state index contributed by atoms with van der Waals surface area (Å²) in [5.74, 6) is 1.45. The van der Waals surface area contributed by atoms with Gasteiger partial charge >= 0.3 is 0 Å². The Bertz CT molecular complexity index is 1340. The predicted molar refractivity (Wildman–Crippen MR) is 132 cm³/mol. The quantitative estimate of drug-likeness (QED) is 0.369. The molecule has 0 aliphatic carbocycles. The first kappa shape index (κ1) is 22.4. The second-order valence-electron chi connectivity index (χ2n) is 7.42. The summed E-state index contributed by atoms with van der Waals surface area (Å²) in [6, 6.07) is 22.4. The van der Waals surface area contributed by atoms with Crippen molar-refractivity contribution in [2.45, 2.75) is 13.5 Å². The summed E-state index contributed by atoms with van der Waals surface area (Å²) in [6.07, 6.45) is 0. The minimum absolute atomic E-state index is 0.189. The van der Waals surface area contributed by atoms with Crippen molar-refractivity contribution < 1.29 is 9.47 Å². The molecule has 0 saturated carbocycles. The van der Waals surface area contributed by atoms with Crippen molar-refractivity contribution in [1.82, 2.24) is 9.78 Å². The molecule has 0 spiro atoms. The Hall–Kier alpha value is -3.77. The third kappa shape index (κ3) is 4.71. The van der Waals surface area contributed by atoms with E-state index in [1.807, 2.05) is 79.7 Å². The van der Waals surface area contributed by atoms with Gasteiger partial charge in [0, 0.05) is 16.3 Å². The number of benzene rings is 3. The van der Waals surface area contributed by atoms with E-state index < -0.39 is 0 Å². The third-order valence-corrected chi connectivity index (χ3v) is 5.77. The van der Waals surface area contributed by atoms with Crippen LogP contribution in [0.4, 0.5) is 0 Å². The van der Waals surface area contributed by atoms with E-state index in [0.717, 1.165) is 16.9 Å². The number of ether oxygens (including phenoxy) is 2. The van der Waals surface area contributed by atoms with Gasteiger partial charge in [0.2, 0.25) is 0 Å². The zero-order valence-electron chi connectivity index (χ0n) is 18.6. The van der Waals surface area contributed by atoms with Crippen molar-refractivity contribution in [2.75, 3.05) is 14.2 Å². The Morgan fingerprint density at radius 3 is 2.15 bits per heavy atom. The molecule has 0 unspecified atom stereocenters. The number of H-pyrrole nitrogens is 1. The molecular weight excluding hydrogens is 438 g/mol. The van der Waals surface area contributed by atoms with Gasteiger partial charge in [-0.15, -0.1) is 0 Å². The highest BCUT2D eigenvalue weighted by atomic mass is 35.5. The molecule has 6 nitrogen and oxygen atoms in total. The first-order valence-electron chi connectivity index (χ1n) is 10.4. The number of aliphatic imine (C=N–C) groups is 1. The molecule has 4 rings (SSSR count). The van der Waals surface area contributed by atoms with Gasteiger partial charge in [0.15, 0.2) is 0 Å². The summed E-state index contributed by atoms with van der Waals surface area (Å²) < 4.78 is 12.0. The number of halogens is 1. The summed E-state index contributed by atoms with van der Waals surface area (Å²) in [5.41, 5.74) is 4.06. The van der Waals surface area contributed by atoms with Crippen LogP contribution in [0.5, 0.6) is 11.5 Å². The molecule has 0 saturated heterocycles. The molecule has 1 aromatic heterocycles. The van der Waals surface area contributed by atoms with E-state index in [0.29, 0.717) is 40.0 Å². The standard InChI is InChI=1S/C26H24ClN3O3/c1-17(28-16-19-6-4-5-7-23(19)27)24-25(18-8-12-21(32-2)13-9-18)29-30(26(24)31)20-10-14-22(33-3)15-11-20/h4-15,29H,16H2,1-3H3. The van der Waals surface area contributed by atoms with E-state index in [2.05, 4.69) is 5.10 Å². The fourth-order valence-electron chi connectivity index (χ4n) is 3.56. The molecule has 0 aliphatic rings. The van der Waals surface area contributed by atoms with Gasteiger partial charge in [-0.1, -0.05) is 29.8 Å². The largest absolute Gasteiger partial charge is 0.497 e. The molecule has 4 aromatic rings. The first-order valence-corrected chi connectivity index (χ1v) is 10.8. The number of hydrogen-bond acceptors (Lipinski definition) is 4. The lowest BCUT2D eigenvalue weighted by Crippen LogP contribution is -2.19. The molecule has 1 N–H and O–H groups in total. The number of aromatic amines is 1.